The predicted octanol–water partition coefficient (Wildman–Crippen LogP) is 4.24. The van der Waals surface area contributed by atoms with Crippen LogP contribution in [0.3, 0.4) is 0 Å². The van der Waals surface area contributed by atoms with Gasteiger partial charge in [-0.25, -0.2) is 9.97 Å². The minimum absolute atomic E-state index is 0.0812. The Bertz CT molecular complexity index is 804. The molecular formula is C17H13ClN4O2. The Kier molecular flexibility index (Phi) is 4.67. The summed E-state index contributed by atoms with van der Waals surface area (Å²) in [6.45, 7) is 0. The summed E-state index contributed by atoms with van der Waals surface area (Å²) in [7, 11) is 0. The highest BCUT2D eigenvalue weighted by Gasteiger charge is 2.24. The number of hydrogen-bond donors (Lipinski definition) is 1. The van der Waals surface area contributed by atoms with Gasteiger partial charge in [-0.2, -0.15) is 0 Å². The van der Waals surface area contributed by atoms with Crippen molar-refractivity contribution in [2.24, 2.45) is 0 Å². The van der Waals surface area contributed by atoms with Gasteiger partial charge in [-0.3, -0.25) is 10.1 Å². The van der Waals surface area contributed by atoms with Crippen molar-refractivity contribution in [2.45, 2.75) is 6.04 Å². The van der Waals surface area contributed by atoms with Gasteiger partial charge in [-0.15, -0.1) is 0 Å². The number of nitrogens with zero attached hydrogens (tertiary/aromatic N) is 3. The Morgan fingerprint density at radius 2 is 1.50 bits per heavy atom. The quantitative estimate of drug-likeness (QED) is 0.427. The van der Waals surface area contributed by atoms with Gasteiger partial charge < -0.3 is 5.32 Å². The van der Waals surface area contributed by atoms with E-state index >= 15 is 0 Å². The number of hydrogen-bond acceptors (Lipinski definition) is 5. The molecule has 0 saturated heterocycles. The van der Waals surface area contributed by atoms with E-state index in [2.05, 4.69) is 15.3 Å². The fourth-order valence-electron chi connectivity index (χ4n) is 2.41. The van der Waals surface area contributed by atoms with Crippen LogP contribution in [0.2, 0.25) is 5.15 Å². The van der Waals surface area contributed by atoms with E-state index in [1.54, 1.807) is 0 Å². The maximum Gasteiger partial charge on any atom is 0.348 e. The van der Waals surface area contributed by atoms with Gasteiger partial charge in [-0.05, 0) is 11.1 Å². The molecule has 24 heavy (non-hydrogen) atoms. The van der Waals surface area contributed by atoms with Crippen molar-refractivity contribution in [1.29, 1.82) is 0 Å². The number of aromatic nitrogens is 2. The molecule has 120 valence electrons. The molecule has 0 saturated carbocycles. The number of anilines is 1. The van der Waals surface area contributed by atoms with Gasteiger partial charge in [0.2, 0.25) is 11.0 Å². The summed E-state index contributed by atoms with van der Waals surface area (Å²) < 4.78 is 0. The molecule has 0 aliphatic carbocycles. The lowest BCUT2D eigenvalue weighted by molar-refractivity contribution is -0.384. The molecule has 1 heterocycles. The Hall–Kier alpha value is -2.99. The van der Waals surface area contributed by atoms with Crippen molar-refractivity contribution in [3.05, 3.63) is 93.4 Å². The zero-order chi connectivity index (χ0) is 16.9. The molecule has 0 aliphatic rings. The Morgan fingerprint density at radius 1 is 0.958 bits per heavy atom. The van der Waals surface area contributed by atoms with Crippen molar-refractivity contribution in [1.82, 2.24) is 9.97 Å². The summed E-state index contributed by atoms with van der Waals surface area (Å²) in [5, 5.41) is 14.2. The number of halogens is 1. The summed E-state index contributed by atoms with van der Waals surface area (Å²) in [6, 6.07) is 18.9. The third-order valence-electron chi connectivity index (χ3n) is 3.51. The molecule has 0 radical (unpaired) electrons. The summed E-state index contributed by atoms with van der Waals surface area (Å²) >= 11 is 5.87. The van der Waals surface area contributed by atoms with Gasteiger partial charge in [-0.1, -0.05) is 72.3 Å². The standard InChI is InChI=1S/C17H13ClN4O2/c18-16-15(22(23)24)17(20-11-19-16)21-14(12-7-3-1-4-8-12)13-9-5-2-6-10-13/h1-11,14H,(H,19,20,21). The predicted molar refractivity (Wildman–Crippen MR) is 92.0 cm³/mol. The first-order valence-corrected chi connectivity index (χ1v) is 7.56. The zero-order valence-electron chi connectivity index (χ0n) is 12.5. The molecule has 7 heteroatoms. The molecule has 0 spiro atoms. The smallest absolute Gasteiger partial charge is 0.348 e. The van der Waals surface area contributed by atoms with E-state index < -0.39 is 4.92 Å². The van der Waals surface area contributed by atoms with Crippen LogP contribution < -0.4 is 5.32 Å². The molecule has 2 aromatic carbocycles. The molecule has 0 amide bonds. The SMILES string of the molecule is O=[N+]([O-])c1c(Cl)ncnc1NC(c1ccccc1)c1ccccc1. The Morgan fingerprint density at radius 3 is 2.00 bits per heavy atom. The lowest BCUT2D eigenvalue weighted by Crippen LogP contribution is -2.14. The highest BCUT2D eigenvalue weighted by Crippen LogP contribution is 2.33. The van der Waals surface area contributed by atoms with E-state index in [4.69, 9.17) is 11.6 Å². The second-order valence-electron chi connectivity index (χ2n) is 5.02. The third-order valence-corrected chi connectivity index (χ3v) is 3.78. The Balaban J connectivity index is 2.06. The van der Waals surface area contributed by atoms with Crippen LogP contribution in [0.5, 0.6) is 0 Å². The van der Waals surface area contributed by atoms with E-state index in [0.717, 1.165) is 11.1 Å². The minimum atomic E-state index is -0.586. The minimum Gasteiger partial charge on any atom is -0.353 e. The first-order chi connectivity index (χ1) is 11.7. The molecule has 0 bridgehead atoms. The second-order valence-corrected chi connectivity index (χ2v) is 5.38. The highest BCUT2D eigenvalue weighted by atomic mass is 35.5. The fourth-order valence-corrected chi connectivity index (χ4v) is 2.61. The van der Waals surface area contributed by atoms with Crippen LogP contribution in [0, 0.1) is 10.1 Å². The van der Waals surface area contributed by atoms with Crippen LogP contribution in [-0.2, 0) is 0 Å². The fraction of sp³-hybridized carbons (Fsp3) is 0.0588. The van der Waals surface area contributed by atoms with Crippen LogP contribution in [0.1, 0.15) is 17.2 Å². The molecule has 1 N–H and O–H groups in total. The van der Waals surface area contributed by atoms with Gasteiger partial charge in [0.05, 0.1) is 11.0 Å². The van der Waals surface area contributed by atoms with Gasteiger partial charge in [0.15, 0.2) is 0 Å². The third kappa shape index (κ3) is 3.33. The zero-order valence-corrected chi connectivity index (χ0v) is 13.2. The van der Waals surface area contributed by atoms with Crippen molar-refractivity contribution in [2.75, 3.05) is 5.32 Å². The normalized spacial score (nSPS) is 10.6. The van der Waals surface area contributed by atoms with E-state index in [0.29, 0.717) is 0 Å². The second kappa shape index (κ2) is 7.06. The number of rotatable bonds is 5. The van der Waals surface area contributed by atoms with Crippen molar-refractivity contribution in [3.63, 3.8) is 0 Å². The van der Waals surface area contributed by atoms with Gasteiger partial charge >= 0.3 is 5.69 Å². The molecule has 1 aromatic heterocycles. The highest BCUT2D eigenvalue weighted by molar-refractivity contribution is 6.31. The Labute approximate surface area is 143 Å². The average Bonchev–Trinajstić information content (AvgIpc) is 2.61. The van der Waals surface area contributed by atoms with E-state index in [-0.39, 0.29) is 22.7 Å². The van der Waals surface area contributed by atoms with E-state index in [1.165, 1.54) is 6.33 Å². The maximum absolute atomic E-state index is 11.3. The number of nitrogens with one attached hydrogen (secondary N) is 1. The van der Waals surface area contributed by atoms with Crippen molar-refractivity contribution < 1.29 is 4.92 Å². The largest absolute Gasteiger partial charge is 0.353 e. The lowest BCUT2D eigenvalue weighted by atomic mass is 9.99. The molecule has 3 rings (SSSR count). The summed E-state index contributed by atoms with van der Waals surface area (Å²) in [6.07, 6.45) is 1.20. The van der Waals surface area contributed by atoms with E-state index in [9.17, 15) is 10.1 Å². The average molecular weight is 341 g/mol. The van der Waals surface area contributed by atoms with Crippen LogP contribution in [0.4, 0.5) is 11.5 Å². The van der Waals surface area contributed by atoms with Gasteiger partial charge in [0.25, 0.3) is 0 Å². The van der Waals surface area contributed by atoms with Crippen LogP contribution in [-0.4, -0.2) is 14.9 Å². The molecule has 0 unspecified atom stereocenters. The van der Waals surface area contributed by atoms with E-state index in [1.807, 2.05) is 60.7 Å². The van der Waals surface area contributed by atoms with Crippen LogP contribution >= 0.6 is 11.6 Å². The molecule has 3 aromatic rings. The molecule has 0 aliphatic heterocycles. The molecule has 0 fully saturated rings. The maximum atomic E-state index is 11.3. The lowest BCUT2D eigenvalue weighted by Gasteiger charge is -2.20. The van der Waals surface area contributed by atoms with Crippen molar-refractivity contribution >= 4 is 23.1 Å². The molecular weight excluding hydrogens is 328 g/mol. The topological polar surface area (TPSA) is 81.0 Å². The van der Waals surface area contributed by atoms with Gasteiger partial charge in [0, 0.05) is 0 Å². The first kappa shape index (κ1) is 15.9. The first-order valence-electron chi connectivity index (χ1n) is 7.18. The summed E-state index contributed by atoms with van der Waals surface area (Å²) in [5.74, 6) is 0.0812. The molecule has 6 nitrogen and oxygen atoms in total. The monoisotopic (exact) mass is 340 g/mol. The van der Waals surface area contributed by atoms with Crippen LogP contribution in [0.25, 0.3) is 0 Å². The summed E-state index contributed by atoms with van der Waals surface area (Å²) in [5.41, 5.74) is 1.57. The number of nitro groups is 1. The van der Waals surface area contributed by atoms with Gasteiger partial charge in [0.1, 0.15) is 6.33 Å². The van der Waals surface area contributed by atoms with Crippen molar-refractivity contribution in [3.8, 4) is 0 Å². The summed E-state index contributed by atoms with van der Waals surface area (Å²) in [4.78, 5) is 18.4. The molecule has 0 atom stereocenters. The number of benzene rings is 2. The van der Waals surface area contributed by atoms with Crippen LogP contribution in [0.15, 0.2) is 67.0 Å².